The van der Waals surface area contributed by atoms with Crippen LogP contribution < -0.4 is 10.1 Å². The van der Waals surface area contributed by atoms with Gasteiger partial charge < -0.3 is 10.1 Å². The van der Waals surface area contributed by atoms with E-state index in [0.717, 1.165) is 0 Å². The van der Waals surface area contributed by atoms with Crippen molar-refractivity contribution in [3.8, 4) is 5.88 Å². The highest BCUT2D eigenvalue weighted by Crippen LogP contribution is 2.23. The molecule has 0 fully saturated rings. The van der Waals surface area contributed by atoms with E-state index in [0.29, 0.717) is 11.6 Å². The van der Waals surface area contributed by atoms with Crippen LogP contribution in [0.2, 0.25) is 0 Å². The molecule has 0 aliphatic carbocycles. The van der Waals surface area contributed by atoms with Gasteiger partial charge in [-0.15, -0.1) is 0 Å². The van der Waals surface area contributed by atoms with Crippen LogP contribution in [0.25, 0.3) is 0 Å². The van der Waals surface area contributed by atoms with Crippen LogP contribution in [0.1, 0.15) is 0 Å². The van der Waals surface area contributed by atoms with Gasteiger partial charge in [-0.1, -0.05) is 6.58 Å². The minimum absolute atomic E-state index is 0.270. The van der Waals surface area contributed by atoms with Crippen LogP contribution in [0.15, 0.2) is 18.0 Å². The van der Waals surface area contributed by atoms with Crippen LogP contribution in [-0.2, 0) is 4.79 Å². The lowest BCUT2D eigenvalue weighted by molar-refractivity contribution is -0.111. The number of aromatic nitrogens is 1. The Kier molecular flexibility index (Phi) is 2.82. The summed E-state index contributed by atoms with van der Waals surface area (Å²) in [4.78, 5) is 10.8. The summed E-state index contributed by atoms with van der Waals surface area (Å²) in [6, 6.07) is 0. The maximum absolute atomic E-state index is 10.8. The lowest BCUT2D eigenvalue weighted by Crippen LogP contribution is -2.07. The molecular formula is C7H8N2O2S. The maximum atomic E-state index is 10.8. The van der Waals surface area contributed by atoms with Crippen molar-refractivity contribution < 1.29 is 9.53 Å². The van der Waals surface area contributed by atoms with Crippen LogP contribution in [-0.4, -0.2) is 17.4 Å². The average molecular weight is 184 g/mol. The molecule has 1 heterocycles. The Morgan fingerprint density at radius 3 is 3.25 bits per heavy atom. The molecule has 5 heteroatoms. The predicted octanol–water partition coefficient (Wildman–Crippen LogP) is 1.28. The van der Waals surface area contributed by atoms with Crippen LogP contribution >= 0.6 is 11.5 Å². The first kappa shape index (κ1) is 8.73. The molecule has 0 saturated carbocycles. The van der Waals surface area contributed by atoms with E-state index < -0.39 is 0 Å². The smallest absolute Gasteiger partial charge is 0.249 e. The summed E-state index contributed by atoms with van der Waals surface area (Å²) in [6.45, 7) is 3.33. The number of methoxy groups -OCH3 is 1. The van der Waals surface area contributed by atoms with E-state index in [2.05, 4.69) is 16.3 Å². The normalized spacial score (nSPS) is 9.08. The molecule has 0 bridgehead atoms. The SMILES string of the molecule is C=CC(=O)Nc1csnc1OC. The second-order valence-electron chi connectivity index (χ2n) is 1.93. The molecule has 1 aromatic heterocycles. The molecule has 0 spiro atoms. The minimum atomic E-state index is -0.270. The molecular weight excluding hydrogens is 176 g/mol. The first-order valence-corrected chi connectivity index (χ1v) is 4.03. The van der Waals surface area contributed by atoms with Crippen molar-refractivity contribution in [1.29, 1.82) is 0 Å². The summed E-state index contributed by atoms with van der Waals surface area (Å²) in [7, 11) is 1.50. The summed E-state index contributed by atoms with van der Waals surface area (Å²) in [5, 5.41) is 4.25. The van der Waals surface area contributed by atoms with Gasteiger partial charge in [0.1, 0.15) is 5.69 Å². The molecule has 0 aliphatic heterocycles. The number of hydrogen-bond donors (Lipinski definition) is 1. The summed E-state index contributed by atoms with van der Waals surface area (Å²) in [5.74, 6) is 0.156. The molecule has 64 valence electrons. The number of hydrogen-bond acceptors (Lipinski definition) is 4. The monoisotopic (exact) mass is 184 g/mol. The second kappa shape index (κ2) is 3.87. The first-order valence-electron chi connectivity index (χ1n) is 3.19. The summed E-state index contributed by atoms with van der Waals surface area (Å²) in [5.41, 5.74) is 0.576. The number of amides is 1. The molecule has 12 heavy (non-hydrogen) atoms. The molecule has 0 aliphatic rings. The van der Waals surface area contributed by atoms with E-state index >= 15 is 0 Å². The Bertz CT molecular complexity index is 295. The summed E-state index contributed by atoms with van der Waals surface area (Å²) in [6.07, 6.45) is 1.19. The highest BCUT2D eigenvalue weighted by Gasteiger charge is 2.06. The molecule has 0 radical (unpaired) electrons. The van der Waals surface area contributed by atoms with Crippen LogP contribution in [0.5, 0.6) is 5.88 Å². The van der Waals surface area contributed by atoms with Gasteiger partial charge in [-0.25, -0.2) is 0 Å². The maximum Gasteiger partial charge on any atom is 0.249 e. The zero-order chi connectivity index (χ0) is 8.97. The van der Waals surface area contributed by atoms with Crippen LogP contribution in [0, 0.1) is 0 Å². The van der Waals surface area contributed by atoms with Gasteiger partial charge in [0.2, 0.25) is 11.8 Å². The van der Waals surface area contributed by atoms with Crippen LogP contribution in [0.4, 0.5) is 5.69 Å². The van der Waals surface area contributed by atoms with Gasteiger partial charge in [0.25, 0.3) is 0 Å². The highest BCUT2D eigenvalue weighted by atomic mass is 32.1. The van der Waals surface area contributed by atoms with E-state index in [9.17, 15) is 4.79 Å². The molecule has 0 saturated heterocycles. The largest absolute Gasteiger partial charge is 0.479 e. The molecule has 1 rings (SSSR count). The van der Waals surface area contributed by atoms with Crippen molar-refractivity contribution in [3.63, 3.8) is 0 Å². The van der Waals surface area contributed by atoms with Crippen LogP contribution in [0.3, 0.4) is 0 Å². The van der Waals surface area contributed by atoms with Crippen molar-refractivity contribution in [2.45, 2.75) is 0 Å². The topological polar surface area (TPSA) is 51.2 Å². The third-order valence-electron chi connectivity index (χ3n) is 1.17. The third-order valence-corrected chi connectivity index (χ3v) is 1.79. The fraction of sp³-hybridized carbons (Fsp3) is 0.143. The molecule has 1 N–H and O–H groups in total. The standard InChI is InChI=1S/C7H8N2O2S/c1-3-6(10)8-5-4-12-9-7(5)11-2/h3-4H,1H2,2H3,(H,8,10). The zero-order valence-electron chi connectivity index (χ0n) is 6.53. The van der Waals surface area contributed by atoms with Crippen molar-refractivity contribution in [1.82, 2.24) is 4.37 Å². The Morgan fingerprint density at radius 1 is 1.92 bits per heavy atom. The fourth-order valence-electron chi connectivity index (χ4n) is 0.640. The van der Waals surface area contributed by atoms with Crippen molar-refractivity contribution >= 4 is 23.1 Å². The Hall–Kier alpha value is -1.36. The third kappa shape index (κ3) is 1.82. The fourth-order valence-corrected chi connectivity index (χ4v) is 1.23. The Morgan fingerprint density at radius 2 is 2.67 bits per heavy atom. The van der Waals surface area contributed by atoms with Crippen molar-refractivity contribution in [2.24, 2.45) is 0 Å². The predicted molar refractivity (Wildman–Crippen MR) is 47.5 cm³/mol. The lowest BCUT2D eigenvalue weighted by Gasteiger charge is -1.99. The Labute approximate surface area is 74.0 Å². The van der Waals surface area contributed by atoms with Gasteiger partial charge in [0.15, 0.2) is 0 Å². The number of rotatable bonds is 3. The number of anilines is 1. The van der Waals surface area contributed by atoms with E-state index in [1.807, 2.05) is 0 Å². The zero-order valence-corrected chi connectivity index (χ0v) is 7.35. The average Bonchev–Trinajstić information content (AvgIpc) is 2.51. The van der Waals surface area contributed by atoms with Crippen molar-refractivity contribution in [2.75, 3.05) is 12.4 Å². The number of ether oxygens (including phenoxy) is 1. The van der Waals surface area contributed by atoms with Gasteiger partial charge in [-0.05, 0) is 17.6 Å². The number of carbonyl (C=O) groups is 1. The van der Waals surface area contributed by atoms with Gasteiger partial charge in [-0.2, -0.15) is 4.37 Å². The Balaban J connectivity index is 2.74. The molecule has 1 aromatic rings. The molecule has 0 unspecified atom stereocenters. The summed E-state index contributed by atoms with van der Waals surface area (Å²) < 4.78 is 8.77. The van der Waals surface area contributed by atoms with Gasteiger partial charge >= 0.3 is 0 Å². The summed E-state index contributed by atoms with van der Waals surface area (Å²) >= 11 is 1.22. The van der Waals surface area contributed by atoms with E-state index in [1.54, 1.807) is 5.38 Å². The minimum Gasteiger partial charge on any atom is -0.479 e. The first-order chi connectivity index (χ1) is 5.77. The van der Waals surface area contributed by atoms with E-state index in [1.165, 1.54) is 24.7 Å². The number of carbonyl (C=O) groups excluding carboxylic acids is 1. The molecule has 0 atom stereocenters. The molecule has 4 nitrogen and oxygen atoms in total. The van der Waals surface area contributed by atoms with E-state index in [-0.39, 0.29) is 5.91 Å². The highest BCUT2D eigenvalue weighted by molar-refractivity contribution is 7.04. The quantitative estimate of drug-likeness (QED) is 0.720. The number of nitrogens with one attached hydrogen (secondary N) is 1. The molecule has 1 amide bonds. The van der Waals surface area contributed by atoms with E-state index in [4.69, 9.17) is 4.74 Å². The lowest BCUT2D eigenvalue weighted by atomic mass is 10.5. The van der Waals surface area contributed by atoms with Gasteiger partial charge in [-0.3, -0.25) is 4.79 Å². The second-order valence-corrected chi connectivity index (χ2v) is 2.56. The van der Waals surface area contributed by atoms with Gasteiger partial charge in [0.05, 0.1) is 7.11 Å². The van der Waals surface area contributed by atoms with Gasteiger partial charge in [0, 0.05) is 5.38 Å². The van der Waals surface area contributed by atoms with Crippen molar-refractivity contribution in [3.05, 3.63) is 18.0 Å². The molecule has 0 aromatic carbocycles. The number of nitrogens with zero attached hydrogens (tertiary/aromatic N) is 1.